The van der Waals surface area contributed by atoms with E-state index in [1.165, 1.54) is 31.2 Å². The predicted octanol–water partition coefficient (Wildman–Crippen LogP) is 2.33. The summed E-state index contributed by atoms with van der Waals surface area (Å²) in [6.45, 7) is 1.59. The van der Waals surface area contributed by atoms with E-state index in [9.17, 15) is 23.9 Å². The van der Waals surface area contributed by atoms with Crippen LogP contribution >= 0.6 is 0 Å². The Morgan fingerprint density at radius 2 is 1.87 bits per heavy atom. The third kappa shape index (κ3) is 2.71. The maximum absolute atomic E-state index is 14.2. The van der Waals surface area contributed by atoms with Crippen LogP contribution < -0.4 is 4.90 Å². The number of nitrogens with zero attached hydrogens (tertiary/aromatic N) is 2. The lowest BCUT2D eigenvalue weighted by Gasteiger charge is -2.34. The molecule has 2 aliphatic rings. The fourth-order valence-corrected chi connectivity index (χ4v) is 4.34. The fourth-order valence-electron chi connectivity index (χ4n) is 4.34. The highest BCUT2D eigenvalue weighted by Crippen LogP contribution is 2.53. The predicted molar refractivity (Wildman–Crippen MR) is 111 cm³/mol. The number of fused-ring (bicyclic) bond motifs is 2. The third-order valence-corrected chi connectivity index (χ3v) is 5.90. The molecule has 2 aromatic rings. The van der Waals surface area contributed by atoms with E-state index < -0.39 is 34.7 Å². The molecule has 0 aromatic heterocycles. The number of hydrogen-bond acceptors (Lipinski definition) is 5. The van der Waals surface area contributed by atoms with Gasteiger partial charge >= 0.3 is 0 Å². The SMILES string of the molecule is COCCN1C(=O)C(=O)C(=C(O)c2ccc(C)c(F)c2)[C@]12C(=O)N(C)c1ccccc12. The van der Waals surface area contributed by atoms with Gasteiger partial charge in [0.1, 0.15) is 11.6 Å². The highest BCUT2D eigenvalue weighted by molar-refractivity contribution is 6.50. The number of carbonyl (C=O) groups excluding carboxylic acids is 3. The number of methoxy groups -OCH3 is 1. The number of likely N-dealkylation sites (N-methyl/N-ethyl adjacent to an activating group) is 1. The summed E-state index contributed by atoms with van der Waals surface area (Å²) >= 11 is 0. The zero-order valence-corrected chi connectivity index (χ0v) is 17.3. The molecule has 0 aliphatic carbocycles. The third-order valence-electron chi connectivity index (χ3n) is 5.90. The zero-order chi connectivity index (χ0) is 22.5. The number of aliphatic hydroxyl groups excluding tert-OH is 1. The second kappa shape index (κ2) is 7.31. The lowest BCUT2D eigenvalue weighted by Crippen LogP contribution is -2.52. The summed E-state index contributed by atoms with van der Waals surface area (Å²) in [6.07, 6.45) is 0. The molecule has 0 radical (unpaired) electrons. The Hall–Kier alpha value is -3.52. The lowest BCUT2D eigenvalue weighted by atomic mass is 9.82. The van der Waals surface area contributed by atoms with Gasteiger partial charge in [-0.1, -0.05) is 30.3 Å². The smallest absolute Gasteiger partial charge is 0.296 e. The normalized spacial score (nSPS) is 22.0. The van der Waals surface area contributed by atoms with Crippen LogP contribution in [0.3, 0.4) is 0 Å². The summed E-state index contributed by atoms with van der Waals surface area (Å²) in [7, 11) is 2.98. The second-order valence-electron chi connectivity index (χ2n) is 7.56. The molecule has 2 heterocycles. The molecule has 0 bridgehead atoms. The lowest BCUT2D eigenvalue weighted by molar-refractivity contribution is -0.144. The van der Waals surface area contributed by atoms with E-state index >= 15 is 0 Å². The van der Waals surface area contributed by atoms with Gasteiger partial charge in [-0.25, -0.2) is 4.39 Å². The summed E-state index contributed by atoms with van der Waals surface area (Å²) in [4.78, 5) is 42.3. The average molecular weight is 424 g/mol. The molecule has 31 heavy (non-hydrogen) atoms. The largest absolute Gasteiger partial charge is 0.507 e. The second-order valence-corrected chi connectivity index (χ2v) is 7.56. The summed E-state index contributed by atoms with van der Waals surface area (Å²) in [5, 5.41) is 11.1. The van der Waals surface area contributed by atoms with Gasteiger partial charge in [-0.2, -0.15) is 0 Å². The van der Waals surface area contributed by atoms with Crippen LogP contribution in [0.25, 0.3) is 5.76 Å². The van der Waals surface area contributed by atoms with Gasteiger partial charge in [-0.15, -0.1) is 0 Å². The monoisotopic (exact) mass is 424 g/mol. The summed E-state index contributed by atoms with van der Waals surface area (Å²) in [6, 6.07) is 10.7. The highest BCUT2D eigenvalue weighted by Gasteiger charge is 2.66. The molecular formula is C23H21FN2O5. The molecule has 0 unspecified atom stereocenters. The average Bonchev–Trinajstić information content (AvgIpc) is 3.12. The molecule has 4 rings (SSSR count). The Balaban J connectivity index is 2.06. The number of likely N-dealkylation sites (tertiary alicyclic amines) is 1. The van der Waals surface area contributed by atoms with Crippen LogP contribution in [-0.2, 0) is 24.7 Å². The maximum Gasteiger partial charge on any atom is 0.296 e. The van der Waals surface area contributed by atoms with Gasteiger partial charge in [0.2, 0.25) is 0 Å². The van der Waals surface area contributed by atoms with Crippen molar-refractivity contribution in [1.29, 1.82) is 0 Å². The number of amides is 2. The Morgan fingerprint density at radius 1 is 1.16 bits per heavy atom. The summed E-state index contributed by atoms with van der Waals surface area (Å²) in [5.74, 6) is -3.67. The van der Waals surface area contributed by atoms with Crippen molar-refractivity contribution in [3.05, 3.63) is 70.5 Å². The molecule has 1 saturated heterocycles. The first-order valence-corrected chi connectivity index (χ1v) is 9.70. The number of ether oxygens (including phenoxy) is 1. The number of hydrogen-bond donors (Lipinski definition) is 1. The molecule has 2 aliphatic heterocycles. The van der Waals surface area contributed by atoms with Crippen molar-refractivity contribution in [3.63, 3.8) is 0 Å². The number of carbonyl (C=O) groups is 3. The first kappa shape index (κ1) is 20.7. The van der Waals surface area contributed by atoms with Crippen molar-refractivity contribution in [3.8, 4) is 0 Å². The van der Waals surface area contributed by atoms with Gasteiger partial charge < -0.3 is 19.6 Å². The minimum Gasteiger partial charge on any atom is -0.507 e. The van der Waals surface area contributed by atoms with E-state index in [4.69, 9.17) is 4.74 Å². The molecule has 1 fully saturated rings. The van der Waals surface area contributed by atoms with Gasteiger partial charge in [0.15, 0.2) is 5.54 Å². The minimum atomic E-state index is -1.86. The molecule has 2 amide bonds. The quantitative estimate of drug-likeness (QED) is 0.463. The van der Waals surface area contributed by atoms with Gasteiger partial charge in [0.05, 0.1) is 12.2 Å². The zero-order valence-electron chi connectivity index (χ0n) is 17.3. The van der Waals surface area contributed by atoms with Crippen LogP contribution in [0.2, 0.25) is 0 Å². The Kier molecular flexibility index (Phi) is 4.89. The fraction of sp³-hybridized carbons (Fsp3) is 0.261. The number of benzene rings is 2. The number of aliphatic hydroxyl groups is 1. The molecule has 2 aromatic carbocycles. The van der Waals surface area contributed by atoms with Crippen LogP contribution in [0.1, 0.15) is 16.7 Å². The van der Waals surface area contributed by atoms with Crippen molar-refractivity contribution >= 4 is 29.0 Å². The minimum absolute atomic E-state index is 0.00653. The van der Waals surface area contributed by atoms with Gasteiger partial charge in [-0.3, -0.25) is 14.4 Å². The standard InChI is InChI=1S/C23H21FN2O5/c1-13-8-9-14(12-16(13)24)19(27)18-20(28)21(29)26(10-11-31-3)23(18)15-6-4-5-7-17(15)25(2)22(23)30/h4-9,12,27H,10-11H2,1-3H3/t23-/m1/s1. The first-order valence-electron chi connectivity index (χ1n) is 9.70. The van der Waals surface area contributed by atoms with Crippen molar-refractivity contribution < 1.29 is 28.6 Å². The van der Waals surface area contributed by atoms with Crippen molar-refractivity contribution in [1.82, 2.24) is 4.90 Å². The molecule has 0 saturated carbocycles. The van der Waals surface area contributed by atoms with E-state index in [0.29, 0.717) is 16.8 Å². The summed E-state index contributed by atoms with van der Waals surface area (Å²) < 4.78 is 19.3. The van der Waals surface area contributed by atoms with Crippen LogP contribution in [0, 0.1) is 12.7 Å². The molecule has 1 atom stereocenters. The Morgan fingerprint density at radius 3 is 2.55 bits per heavy atom. The molecule has 1 spiro atoms. The van der Waals surface area contributed by atoms with Crippen LogP contribution in [0.15, 0.2) is 48.0 Å². The number of ketones is 1. The molecule has 1 N–H and O–H groups in total. The van der Waals surface area contributed by atoms with E-state index in [0.717, 1.165) is 11.0 Å². The Bertz CT molecular complexity index is 1160. The number of Topliss-reactive ketones (excluding diaryl/α,β-unsaturated/α-hetero) is 1. The number of aryl methyl sites for hydroxylation is 1. The summed E-state index contributed by atoms with van der Waals surface area (Å²) in [5.41, 5.74) is -0.965. The number of rotatable bonds is 4. The van der Waals surface area contributed by atoms with Crippen molar-refractivity contribution in [2.75, 3.05) is 32.2 Å². The number of halogens is 1. The van der Waals surface area contributed by atoms with E-state index in [1.807, 2.05) is 0 Å². The van der Waals surface area contributed by atoms with Crippen LogP contribution in [-0.4, -0.2) is 54.9 Å². The van der Waals surface area contributed by atoms with Gasteiger partial charge in [0.25, 0.3) is 17.6 Å². The topological polar surface area (TPSA) is 87.1 Å². The Labute approximate surface area is 178 Å². The highest BCUT2D eigenvalue weighted by atomic mass is 19.1. The number of para-hydroxylation sites is 1. The van der Waals surface area contributed by atoms with Crippen molar-refractivity contribution in [2.45, 2.75) is 12.5 Å². The van der Waals surface area contributed by atoms with E-state index in [1.54, 1.807) is 31.2 Å². The van der Waals surface area contributed by atoms with Crippen molar-refractivity contribution in [2.24, 2.45) is 0 Å². The van der Waals surface area contributed by atoms with Crippen LogP contribution in [0.4, 0.5) is 10.1 Å². The first-order chi connectivity index (χ1) is 14.8. The molecular weight excluding hydrogens is 403 g/mol. The molecule has 160 valence electrons. The number of anilines is 1. The van der Waals surface area contributed by atoms with E-state index in [2.05, 4.69) is 0 Å². The maximum atomic E-state index is 14.2. The van der Waals surface area contributed by atoms with E-state index in [-0.39, 0.29) is 24.3 Å². The molecule has 8 heteroatoms. The molecule has 7 nitrogen and oxygen atoms in total. The van der Waals surface area contributed by atoms with Gasteiger partial charge in [-0.05, 0) is 24.6 Å². The van der Waals surface area contributed by atoms with Gasteiger partial charge in [0, 0.05) is 37.5 Å². The van der Waals surface area contributed by atoms with Crippen LogP contribution in [0.5, 0.6) is 0 Å².